The van der Waals surface area contributed by atoms with Gasteiger partial charge in [-0.3, -0.25) is 0 Å². The Bertz CT molecular complexity index is 201. The van der Waals surface area contributed by atoms with E-state index in [-0.39, 0.29) is 0 Å². The first-order valence-electron chi connectivity index (χ1n) is 8.05. The van der Waals surface area contributed by atoms with Crippen LogP contribution in [0.25, 0.3) is 0 Å². The number of nitrogens with one attached hydrogen (secondary N) is 1. The fraction of sp³-hybridized carbons (Fsp3) is 1.00. The largest absolute Gasteiger partial charge is 0.311 e. The lowest BCUT2D eigenvalue weighted by Crippen LogP contribution is -2.52. The lowest BCUT2D eigenvalue weighted by Gasteiger charge is -2.35. The van der Waals surface area contributed by atoms with Crippen molar-refractivity contribution in [1.29, 1.82) is 0 Å². The van der Waals surface area contributed by atoms with Gasteiger partial charge in [0.15, 0.2) is 0 Å². The highest BCUT2D eigenvalue weighted by Gasteiger charge is 2.20. The minimum Gasteiger partial charge on any atom is -0.311 e. The summed E-state index contributed by atoms with van der Waals surface area (Å²) in [5.74, 6) is 1.64. The van der Waals surface area contributed by atoms with Crippen LogP contribution in [0.5, 0.6) is 0 Å². The van der Waals surface area contributed by atoms with Gasteiger partial charge in [0.1, 0.15) is 0 Å². The lowest BCUT2D eigenvalue weighted by atomic mass is 10.0. The Labute approximate surface area is 115 Å². The summed E-state index contributed by atoms with van der Waals surface area (Å²) in [4.78, 5) is 2.66. The zero-order valence-corrected chi connectivity index (χ0v) is 13.0. The molecule has 0 aromatic rings. The van der Waals surface area contributed by atoms with E-state index in [0.29, 0.717) is 6.04 Å². The molecule has 1 rings (SSSR count). The van der Waals surface area contributed by atoms with Crippen LogP contribution in [0.15, 0.2) is 0 Å². The monoisotopic (exact) mass is 254 g/mol. The molecule has 0 spiro atoms. The summed E-state index contributed by atoms with van der Waals surface area (Å²) < 4.78 is 0. The fourth-order valence-corrected chi connectivity index (χ4v) is 2.73. The standard InChI is InChI=1S/C16H34N2/c1-14(2)9-7-5-6-8-11-18-12-10-17-16(13-18)15(3)4/h14-17H,5-13H2,1-4H3. The second-order valence-electron chi connectivity index (χ2n) is 6.70. The first-order chi connectivity index (χ1) is 8.59. The van der Waals surface area contributed by atoms with E-state index in [1.165, 1.54) is 58.3 Å². The molecule has 0 bridgehead atoms. The number of hydrogen-bond donors (Lipinski definition) is 1. The summed E-state index contributed by atoms with van der Waals surface area (Å²) in [6.45, 7) is 14.3. The second-order valence-corrected chi connectivity index (χ2v) is 6.70. The molecule has 18 heavy (non-hydrogen) atoms. The second kappa shape index (κ2) is 8.92. The smallest absolute Gasteiger partial charge is 0.0218 e. The third-order valence-electron chi connectivity index (χ3n) is 4.10. The van der Waals surface area contributed by atoms with E-state index < -0.39 is 0 Å². The van der Waals surface area contributed by atoms with E-state index in [4.69, 9.17) is 0 Å². The predicted octanol–water partition coefficient (Wildman–Crippen LogP) is 3.52. The highest BCUT2D eigenvalue weighted by molar-refractivity contribution is 4.80. The van der Waals surface area contributed by atoms with E-state index in [2.05, 4.69) is 37.9 Å². The van der Waals surface area contributed by atoms with Crippen LogP contribution in [0.4, 0.5) is 0 Å². The summed E-state index contributed by atoms with van der Waals surface area (Å²) in [6, 6.07) is 0.708. The molecule has 1 saturated heterocycles. The Morgan fingerprint density at radius 2 is 1.78 bits per heavy atom. The first kappa shape index (κ1) is 16.0. The predicted molar refractivity (Wildman–Crippen MR) is 81.0 cm³/mol. The summed E-state index contributed by atoms with van der Waals surface area (Å²) >= 11 is 0. The molecule has 1 heterocycles. The van der Waals surface area contributed by atoms with Crippen molar-refractivity contribution in [2.45, 2.75) is 65.8 Å². The van der Waals surface area contributed by atoms with Gasteiger partial charge in [0.25, 0.3) is 0 Å². The van der Waals surface area contributed by atoms with E-state index >= 15 is 0 Å². The van der Waals surface area contributed by atoms with Gasteiger partial charge in [0.05, 0.1) is 0 Å². The Kier molecular flexibility index (Phi) is 7.92. The van der Waals surface area contributed by atoms with Gasteiger partial charge >= 0.3 is 0 Å². The normalized spacial score (nSPS) is 22.0. The summed E-state index contributed by atoms with van der Waals surface area (Å²) in [7, 11) is 0. The van der Waals surface area contributed by atoms with Crippen molar-refractivity contribution in [3.63, 3.8) is 0 Å². The van der Waals surface area contributed by atoms with Crippen LogP contribution in [-0.4, -0.2) is 37.1 Å². The molecular formula is C16H34N2. The Balaban J connectivity index is 2.01. The summed E-state index contributed by atoms with van der Waals surface area (Å²) in [5, 5.41) is 3.63. The van der Waals surface area contributed by atoms with Crippen molar-refractivity contribution in [2.75, 3.05) is 26.2 Å². The maximum atomic E-state index is 3.63. The van der Waals surface area contributed by atoms with E-state index in [1.807, 2.05) is 0 Å². The van der Waals surface area contributed by atoms with Crippen LogP contribution in [0.1, 0.15) is 59.8 Å². The zero-order chi connectivity index (χ0) is 13.4. The molecule has 0 saturated carbocycles. The molecule has 1 unspecified atom stereocenters. The van der Waals surface area contributed by atoms with Crippen molar-refractivity contribution in [3.05, 3.63) is 0 Å². The highest BCUT2D eigenvalue weighted by atomic mass is 15.2. The number of rotatable bonds is 8. The van der Waals surface area contributed by atoms with Crippen molar-refractivity contribution in [1.82, 2.24) is 10.2 Å². The molecule has 0 aromatic carbocycles. The quantitative estimate of drug-likeness (QED) is 0.667. The average Bonchev–Trinajstić information content (AvgIpc) is 2.33. The third kappa shape index (κ3) is 6.75. The molecule has 0 aliphatic carbocycles. The maximum absolute atomic E-state index is 3.63. The zero-order valence-electron chi connectivity index (χ0n) is 13.0. The molecule has 1 aliphatic heterocycles. The minimum absolute atomic E-state index is 0.708. The van der Waals surface area contributed by atoms with Crippen LogP contribution in [0.3, 0.4) is 0 Å². The van der Waals surface area contributed by atoms with Gasteiger partial charge in [-0.1, -0.05) is 53.4 Å². The van der Waals surface area contributed by atoms with Gasteiger partial charge in [-0.25, -0.2) is 0 Å². The fourth-order valence-electron chi connectivity index (χ4n) is 2.73. The van der Waals surface area contributed by atoms with Gasteiger partial charge in [-0.05, 0) is 24.8 Å². The van der Waals surface area contributed by atoms with Crippen molar-refractivity contribution < 1.29 is 0 Å². The SMILES string of the molecule is CC(C)CCCCCCN1CCNC(C(C)C)C1. The van der Waals surface area contributed by atoms with E-state index in [0.717, 1.165) is 11.8 Å². The van der Waals surface area contributed by atoms with E-state index in [9.17, 15) is 0 Å². The van der Waals surface area contributed by atoms with Gasteiger partial charge < -0.3 is 10.2 Å². The Hall–Kier alpha value is -0.0800. The minimum atomic E-state index is 0.708. The molecule has 2 nitrogen and oxygen atoms in total. The average molecular weight is 254 g/mol. The van der Waals surface area contributed by atoms with Gasteiger partial charge in [-0.2, -0.15) is 0 Å². The van der Waals surface area contributed by atoms with Crippen LogP contribution in [0.2, 0.25) is 0 Å². The molecule has 1 N–H and O–H groups in total. The number of nitrogens with zero attached hydrogens (tertiary/aromatic N) is 1. The van der Waals surface area contributed by atoms with Gasteiger partial charge in [0.2, 0.25) is 0 Å². The number of unbranched alkanes of at least 4 members (excludes halogenated alkanes) is 3. The Morgan fingerprint density at radius 1 is 1.06 bits per heavy atom. The van der Waals surface area contributed by atoms with Crippen molar-refractivity contribution >= 4 is 0 Å². The first-order valence-corrected chi connectivity index (χ1v) is 8.05. The highest BCUT2D eigenvalue weighted by Crippen LogP contribution is 2.12. The van der Waals surface area contributed by atoms with Crippen LogP contribution < -0.4 is 5.32 Å². The van der Waals surface area contributed by atoms with Crippen LogP contribution >= 0.6 is 0 Å². The summed E-state index contributed by atoms with van der Waals surface area (Å²) in [6.07, 6.45) is 7.07. The molecule has 2 heteroatoms. The van der Waals surface area contributed by atoms with Crippen LogP contribution in [-0.2, 0) is 0 Å². The van der Waals surface area contributed by atoms with Gasteiger partial charge in [-0.15, -0.1) is 0 Å². The lowest BCUT2D eigenvalue weighted by molar-refractivity contribution is 0.172. The topological polar surface area (TPSA) is 15.3 Å². The van der Waals surface area contributed by atoms with E-state index in [1.54, 1.807) is 0 Å². The molecular weight excluding hydrogens is 220 g/mol. The maximum Gasteiger partial charge on any atom is 0.0218 e. The van der Waals surface area contributed by atoms with Gasteiger partial charge in [0, 0.05) is 25.7 Å². The molecule has 108 valence electrons. The molecule has 0 aromatic heterocycles. The van der Waals surface area contributed by atoms with Crippen LogP contribution in [0, 0.1) is 11.8 Å². The molecule has 1 aliphatic rings. The Morgan fingerprint density at radius 3 is 2.44 bits per heavy atom. The van der Waals surface area contributed by atoms with Crippen molar-refractivity contribution in [2.24, 2.45) is 11.8 Å². The molecule has 0 amide bonds. The third-order valence-corrected chi connectivity index (χ3v) is 4.10. The number of hydrogen-bond acceptors (Lipinski definition) is 2. The van der Waals surface area contributed by atoms with Crippen molar-refractivity contribution in [3.8, 4) is 0 Å². The molecule has 1 fully saturated rings. The summed E-state index contributed by atoms with van der Waals surface area (Å²) in [5.41, 5.74) is 0. The molecule has 1 atom stereocenters. The molecule has 0 radical (unpaired) electrons. The number of piperazine rings is 1.